The van der Waals surface area contributed by atoms with Crippen molar-refractivity contribution in [2.45, 2.75) is 13.8 Å². The molecule has 1 saturated heterocycles. The summed E-state index contributed by atoms with van der Waals surface area (Å²) < 4.78 is 0. The van der Waals surface area contributed by atoms with Gasteiger partial charge in [-0.15, -0.1) is 0 Å². The lowest BCUT2D eigenvalue weighted by Gasteiger charge is -2.14. The van der Waals surface area contributed by atoms with Gasteiger partial charge in [-0.05, 0) is 31.0 Å². The summed E-state index contributed by atoms with van der Waals surface area (Å²) in [6, 6.07) is 3.81. The number of hydrogen-bond donors (Lipinski definition) is 2. The van der Waals surface area contributed by atoms with E-state index < -0.39 is 0 Å². The summed E-state index contributed by atoms with van der Waals surface area (Å²) in [4.78, 5) is 16.1. The van der Waals surface area contributed by atoms with Gasteiger partial charge in [-0.2, -0.15) is 0 Å². The molecule has 0 aromatic carbocycles. The lowest BCUT2D eigenvalue weighted by atomic mass is 9.97. The van der Waals surface area contributed by atoms with Gasteiger partial charge in [0.2, 0.25) is 5.91 Å². The van der Waals surface area contributed by atoms with Gasteiger partial charge in [-0.1, -0.05) is 13.0 Å². The Kier molecular flexibility index (Phi) is 3.19. The predicted molar refractivity (Wildman–Crippen MR) is 63.1 cm³/mol. The van der Waals surface area contributed by atoms with Crippen LogP contribution in [0.5, 0.6) is 0 Å². The molecule has 0 radical (unpaired) electrons. The maximum absolute atomic E-state index is 12.0. The molecule has 0 saturated carbocycles. The Balaban J connectivity index is 2.05. The zero-order valence-electron chi connectivity index (χ0n) is 9.66. The molecule has 2 unspecified atom stereocenters. The van der Waals surface area contributed by atoms with E-state index in [-0.39, 0.29) is 11.8 Å². The highest BCUT2D eigenvalue weighted by Gasteiger charge is 2.29. The molecule has 2 rings (SSSR count). The Labute approximate surface area is 95.5 Å². The smallest absolute Gasteiger partial charge is 0.230 e. The molecule has 1 aliphatic heterocycles. The minimum absolute atomic E-state index is 0.0569. The summed E-state index contributed by atoms with van der Waals surface area (Å²) in [7, 11) is 0. The van der Waals surface area contributed by atoms with Crippen LogP contribution in [0.25, 0.3) is 0 Å². The monoisotopic (exact) mass is 219 g/mol. The van der Waals surface area contributed by atoms with E-state index in [1.807, 2.05) is 19.1 Å². The third-order valence-electron chi connectivity index (χ3n) is 3.11. The van der Waals surface area contributed by atoms with Crippen LogP contribution in [0.3, 0.4) is 0 Å². The quantitative estimate of drug-likeness (QED) is 0.785. The lowest BCUT2D eigenvalue weighted by Crippen LogP contribution is -2.28. The van der Waals surface area contributed by atoms with Crippen LogP contribution in [0, 0.1) is 18.8 Å². The van der Waals surface area contributed by atoms with E-state index in [0.29, 0.717) is 11.7 Å². The van der Waals surface area contributed by atoms with Gasteiger partial charge < -0.3 is 10.6 Å². The third-order valence-corrected chi connectivity index (χ3v) is 3.11. The van der Waals surface area contributed by atoms with Crippen LogP contribution in [0.1, 0.15) is 12.5 Å². The van der Waals surface area contributed by atoms with E-state index in [4.69, 9.17) is 0 Å². The van der Waals surface area contributed by atoms with E-state index in [1.54, 1.807) is 6.20 Å². The van der Waals surface area contributed by atoms with Crippen LogP contribution in [0.2, 0.25) is 0 Å². The second-order valence-corrected chi connectivity index (χ2v) is 4.40. The Morgan fingerprint density at radius 3 is 3.00 bits per heavy atom. The molecule has 1 aromatic rings. The molecule has 1 fully saturated rings. The number of pyridine rings is 1. The van der Waals surface area contributed by atoms with Crippen molar-refractivity contribution in [2.24, 2.45) is 11.8 Å². The van der Waals surface area contributed by atoms with Crippen LogP contribution in [-0.2, 0) is 4.79 Å². The van der Waals surface area contributed by atoms with Crippen LogP contribution < -0.4 is 10.6 Å². The SMILES string of the molecule is Cc1cccnc1NC(=O)C1CNCC1C. The normalized spacial score (nSPS) is 24.4. The molecule has 0 aliphatic carbocycles. The number of rotatable bonds is 2. The average Bonchev–Trinajstić information content (AvgIpc) is 2.68. The largest absolute Gasteiger partial charge is 0.316 e. The van der Waals surface area contributed by atoms with Gasteiger partial charge in [0, 0.05) is 12.7 Å². The molecule has 0 spiro atoms. The molecule has 1 aromatic heterocycles. The molecule has 2 N–H and O–H groups in total. The number of aryl methyl sites for hydroxylation is 1. The summed E-state index contributed by atoms with van der Waals surface area (Å²) >= 11 is 0. The Morgan fingerprint density at radius 1 is 1.56 bits per heavy atom. The van der Waals surface area contributed by atoms with E-state index in [9.17, 15) is 4.79 Å². The molecular weight excluding hydrogens is 202 g/mol. The van der Waals surface area contributed by atoms with Crippen molar-refractivity contribution in [3.63, 3.8) is 0 Å². The predicted octanol–water partition coefficient (Wildman–Crippen LogP) is 1.18. The van der Waals surface area contributed by atoms with Gasteiger partial charge in [0.15, 0.2) is 0 Å². The first kappa shape index (κ1) is 11.1. The highest BCUT2D eigenvalue weighted by Crippen LogP contribution is 2.18. The lowest BCUT2D eigenvalue weighted by molar-refractivity contribution is -0.120. The van der Waals surface area contributed by atoms with Gasteiger partial charge >= 0.3 is 0 Å². The summed E-state index contributed by atoms with van der Waals surface area (Å²) in [6.45, 7) is 5.71. The number of nitrogens with zero attached hydrogens (tertiary/aromatic N) is 1. The van der Waals surface area contributed by atoms with Crippen LogP contribution in [-0.4, -0.2) is 24.0 Å². The zero-order chi connectivity index (χ0) is 11.5. The fourth-order valence-corrected chi connectivity index (χ4v) is 1.99. The maximum atomic E-state index is 12.0. The number of anilines is 1. The fraction of sp³-hybridized carbons (Fsp3) is 0.500. The topological polar surface area (TPSA) is 54.0 Å². The first-order valence-corrected chi connectivity index (χ1v) is 5.61. The number of carbonyl (C=O) groups excluding carboxylic acids is 1. The number of aromatic nitrogens is 1. The van der Waals surface area contributed by atoms with E-state index in [0.717, 1.165) is 18.7 Å². The maximum Gasteiger partial charge on any atom is 0.230 e. The summed E-state index contributed by atoms with van der Waals surface area (Å²) in [5, 5.41) is 6.11. The van der Waals surface area contributed by atoms with Crippen LogP contribution in [0.15, 0.2) is 18.3 Å². The van der Waals surface area contributed by atoms with Crippen molar-refractivity contribution < 1.29 is 4.79 Å². The summed E-state index contributed by atoms with van der Waals surface area (Å²) in [6.07, 6.45) is 1.69. The Bertz CT molecular complexity index is 392. The van der Waals surface area contributed by atoms with Crippen molar-refractivity contribution in [3.05, 3.63) is 23.9 Å². The second-order valence-electron chi connectivity index (χ2n) is 4.40. The molecular formula is C12H17N3O. The standard InChI is InChI=1S/C12H17N3O/c1-8-4-3-5-14-11(8)15-12(16)10-7-13-6-9(10)2/h3-5,9-10,13H,6-7H2,1-2H3,(H,14,15,16). The molecule has 86 valence electrons. The van der Waals surface area contributed by atoms with Gasteiger partial charge in [-0.25, -0.2) is 4.98 Å². The number of carbonyl (C=O) groups is 1. The second kappa shape index (κ2) is 4.61. The minimum Gasteiger partial charge on any atom is -0.316 e. The van der Waals surface area contributed by atoms with Gasteiger partial charge in [0.25, 0.3) is 0 Å². The fourth-order valence-electron chi connectivity index (χ4n) is 1.99. The Hall–Kier alpha value is -1.42. The third kappa shape index (κ3) is 2.22. The van der Waals surface area contributed by atoms with Crippen molar-refractivity contribution in [1.29, 1.82) is 0 Å². The van der Waals surface area contributed by atoms with E-state index in [2.05, 4.69) is 22.5 Å². The van der Waals surface area contributed by atoms with Crippen molar-refractivity contribution in [3.8, 4) is 0 Å². The average molecular weight is 219 g/mol. The van der Waals surface area contributed by atoms with Crippen LogP contribution in [0.4, 0.5) is 5.82 Å². The molecule has 4 heteroatoms. The van der Waals surface area contributed by atoms with Crippen molar-refractivity contribution >= 4 is 11.7 Å². The first-order valence-electron chi connectivity index (χ1n) is 5.61. The highest BCUT2D eigenvalue weighted by atomic mass is 16.2. The molecule has 2 heterocycles. The number of hydrogen-bond acceptors (Lipinski definition) is 3. The van der Waals surface area contributed by atoms with Crippen molar-refractivity contribution in [1.82, 2.24) is 10.3 Å². The van der Waals surface area contributed by atoms with Crippen molar-refractivity contribution in [2.75, 3.05) is 18.4 Å². The van der Waals surface area contributed by atoms with Crippen LogP contribution >= 0.6 is 0 Å². The molecule has 1 aliphatic rings. The highest BCUT2D eigenvalue weighted by molar-refractivity contribution is 5.92. The van der Waals surface area contributed by atoms with E-state index >= 15 is 0 Å². The summed E-state index contributed by atoms with van der Waals surface area (Å²) in [5.41, 5.74) is 0.995. The Morgan fingerprint density at radius 2 is 2.38 bits per heavy atom. The first-order chi connectivity index (χ1) is 7.68. The van der Waals surface area contributed by atoms with E-state index in [1.165, 1.54) is 0 Å². The van der Waals surface area contributed by atoms with Gasteiger partial charge in [0.05, 0.1) is 5.92 Å². The van der Waals surface area contributed by atoms with Gasteiger partial charge in [-0.3, -0.25) is 4.79 Å². The molecule has 2 atom stereocenters. The molecule has 1 amide bonds. The summed E-state index contributed by atoms with van der Waals surface area (Å²) in [5.74, 6) is 1.19. The number of amides is 1. The molecule has 0 bridgehead atoms. The minimum atomic E-state index is 0.0569. The van der Waals surface area contributed by atoms with Gasteiger partial charge in [0.1, 0.15) is 5.82 Å². The molecule has 4 nitrogen and oxygen atoms in total. The number of nitrogens with one attached hydrogen (secondary N) is 2. The zero-order valence-corrected chi connectivity index (χ0v) is 9.66. The molecule has 16 heavy (non-hydrogen) atoms.